The van der Waals surface area contributed by atoms with E-state index in [1.807, 2.05) is 0 Å². The monoisotopic (exact) mass is 214 g/mol. The lowest BCUT2D eigenvalue weighted by Gasteiger charge is -2.09. The molecule has 0 spiro atoms. The first-order valence-electron chi connectivity index (χ1n) is 4.68. The van der Waals surface area contributed by atoms with Crippen LogP contribution in [-0.2, 0) is 14.3 Å². The van der Waals surface area contributed by atoms with Crippen LogP contribution in [0.25, 0.3) is 0 Å². The second-order valence-electron chi connectivity index (χ2n) is 3.20. The Morgan fingerprint density at radius 2 is 2.14 bits per heavy atom. The average molecular weight is 214 g/mol. The van der Waals surface area contributed by atoms with Crippen molar-refractivity contribution in [2.75, 3.05) is 0 Å². The molecular formula is C10H14O3S. The van der Waals surface area contributed by atoms with Crippen LogP contribution in [0.1, 0.15) is 33.1 Å². The van der Waals surface area contributed by atoms with E-state index in [1.165, 1.54) is 6.26 Å². The maximum Gasteiger partial charge on any atom is 0.327 e. The van der Waals surface area contributed by atoms with Crippen molar-refractivity contribution < 1.29 is 14.3 Å². The van der Waals surface area contributed by atoms with E-state index < -0.39 is 4.75 Å². The molecule has 1 fully saturated rings. The molecule has 1 rings (SSSR count). The topological polar surface area (TPSA) is 43.4 Å². The molecule has 1 aliphatic carbocycles. The van der Waals surface area contributed by atoms with E-state index in [1.54, 1.807) is 19.9 Å². The SMILES string of the molecule is CC=COC(=O)C1(SC(=O)CC)CC1. The van der Waals surface area contributed by atoms with E-state index in [0.717, 1.165) is 24.6 Å². The van der Waals surface area contributed by atoms with Crippen LogP contribution in [0.3, 0.4) is 0 Å². The molecule has 4 heteroatoms. The Morgan fingerprint density at radius 1 is 1.50 bits per heavy atom. The summed E-state index contributed by atoms with van der Waals surface area (Å²) in [4.78, 5) is 22.7. The first-order valence-corrected chi connectivity index (χ1v) is 5.50. The standard InChI is InChI=1S/C10H14O3S/c1-3-7-13-9(12)10(5-6-10)14-8(11)4-2/h3,7H,4-6H2,1-2H3. The summed E-state index contributed by atoms with van der Waals surface area (Å²) < 4.78 is 4.31. The van der Waals surface area contributed by atoms with Crippen molar-refractivity contribution in [2.24, 2.45) is 0 Å². The fourth-order valence-corrected chi connectivity index (χ4v) is 2.01. The molecule has 0 N–H and O–H groups in total. The Hall–Kier alpha value is -0.770. The van der Waals surface area contributed by atoms with Crippen LogP contribution in [0.15, 0.2) is 12.3 Å². The molecule has 0 atom stereocenters. The zero-order valence-corrected chi connectivity index (χ0v) is 9.23. The van der Waals surface area contributed by atoms with Gasteiger partial charge in [-0.2, -0.15) is 0 Å². The third-order valence-electron chi connectivity index (χ3n) is 1.99. The van der Waals surface area contributed by atoms with E-state index >= 15 is 0 Å². The molecule has 14 heavy (non-hydrogen) atoms. The van der Waals surface area contributed by atoms with Crippen LogP contribution in [0.5, 0.6) is 0 Å². The van der Waals surface area contributed by atoms with Gasteiger partial charge in [0.05, 0.1) is 6.26 Å². The molecule has 1 aliphatic rings. The van der Waals surface area contributed by atoms with Crippen molar-refractivity contribution in [1.82, 2.24) is 0 Å². The van der Waals surface area contributed by atoms with Crippen LogP contribution in [0, 0.1) is 0 Å². The van der Waals surface area contributed by atoms with Crippen LogP contribution in [0.4, 0.5) is 0 Å². The van der Waals surface area contributed by atoms with Crippen LogP contribution >= 0.6 is 11.8 Å². The number of hydrogen-bond acceptors (Lipinski definition) is 4. The predicted octanol–water partition coefficient (Wildman–Crippen LogP) is 2.27. The largest absolute Gasteiger partial charge is 0.434 e. The molecule has 0 unspecified atom stereocenters. The van der Waals surface area contributed by atoms with Crippen LogP contribution < -0.4 is 0 Å². The van der Waals surface area contributed by atoms with Gasteiger partial charge in [-0.25, -0.2) is 0 Å². The van der Waals surface area contributed by atoms with Gasteiger partial charge in [-0.1, -0.05) is 24.8 Å². The summed E-state index contributed by atoms with van der Waals surface area (Å²) >= 11 is 1.12. The molecule has 0 amide bonds. The number of ether oxygens (including phenoxy) is 1. The quantitative estimate of drug-likeness (QED) is 0.532. The highest BCUT2D eigenvalue weighted by molar-refractivity contribution is 8.15. The van der Waals surface area contributed by atoms with Crippen molar-refractivity contribution in [1.29, 1.82) is 0 Å². The number of rotatable bonds is 4. The normalized spacial score (nSPS) is 18.1. The van der Waals surface area contributed by atoms with Crippen molar-refractivity contribution in [3.8, 4) is 0 Å². The van der Waals surface area contributed by atoms with E-state index in [2.05, 4.69) is 0 Å². The van der Waals surface area contributed by atoms with E-state index in [9.17, 15) is 9.59 Å². The lowest BCUT2D eigenvalue weighted by molar-refractivity contribution is -0.138. The number of allylic oxidation sites excluding steroid dienone is 1. The van der Waals surface area contributed by atoms with Gasteiger partial charge in [0, 0.05) is 6.42 Å². The van der Waals surface area contributed by atoms with Crippen molar-refractivity contribution >= 4 is 22.8 Å². The van der Waals surface area contributed by atoms with Crippen LogP contribution in [-0.4, -0.2) is 15.8 Å². The first-order chi connectivity index (χ1) is 6.64. The molecule has 0 radical (unpaired) electrons. The molecule has 0 aromatic rings. The molecular weight excluding hydrogens is 200 g/mol. The smallest absolute Gasteiger partial charge is 0.327 e. The van der Waals surface area contributed by atoms with Gasteiger partial charge in [0.2, 0.25) is 0 Å². The summed E-state index contributed by atoms with van der Waals surface area (Å²) in [5, 5.41) is 0.0555. The minimum absolute atomic E-state index is 0.0555. The number of thioether (sulfide) groups is 1. The fourth-order valence-electron chi connectivity index (χ4n) is 0.989. The highest BCUT2D eigenvalue weighted by atomic mass is 32.2. The average Bonchev–Trinajstić information content (AvgIpc) is 2.95. The molecule has 1 saturated carbocycles. The molecule has 0 aromatic heterocycles. The number of carbonyl (C=O) groups is 2. The van der Waals surface area contributed by atoms with Gasteiger partial charge in [-0.05, 0) is 19.8 Å². The predicted molar refractivity (Wildman–Crippen MR) is 55.8 cm³/mol. The fraction of sp³-hybridized carbons (Fsp3) is 0.600. The van der Waals surface area contributed by atoms with Gasteiger partial charge >= 0.3 is 5.97 Å². The summed E-state index contributed by atoms with van der Waals surface area (Å²) in [5.41, 5.74) is 0. The first kappa shape index (κ1) is 11.3. The Labute approximate surface area is 87.9 Å². The summed E-state index contributed by atoms with van der Waals surface area (Å²) in [5.74, 6) is -0.289. The second kappa shape index (κ2) is 4.64. The van der Waals surface area contributed by atoms with Crippen molar-refractivity contribution in [3.63, 3.8) is 0 Å². The molecule has 0 saturated heterocycles. The Balaban J connectivity index is 2.49. The van der Waals surface area contributed by atoms with Gasteiger partial charge < -0.3 is 4.74 Å². The minimum atomic E-state index is -0.563. The third-order valence-corrected chi connectivity index (χ3v) is 3.47. The maximum absolute atomic E-state index is 11.5. The van der Waals surface area contributed by atoms with E-state index in [0.29, 0.717) is 6.42 Å². The molecule has 0 aromatic carbocycles. The molecule has 78 valence electrons. The number of hydrogen-bond donors (Lipinski definition) is 0. The summed E-state index contributed by atoms with van der Waals surface area (Å²) in [7, 11) is 0. The number of esters is 1. The third kappa shape index (κ3) is 2.61. The summed E-state index contributed by atoms with van der Waals surface area (Å²) in [6.07, 6.45) is 4.97. The van der Waals surface area contributed by atoms with Gasteiger partial charge in [0.1, 0.15) is 4.75 Å². The van der Waals surface area contributed by atoms with Crippen LogP contribution in [0.2, 0.25) is 0 Å². The summed E-state index contributed by atoms with van der Waals surface area (Å²) in [6, 6.07) is 0. The Kier molecular flexibility index (Phi) is 3.75. The van der Waals surface area contributed by atoms with E-state index in [-0.39, 0.29) is 11.1 Å². The molecule has 0 bridgehead atoms. The Bertz CT molecular complexity index is 267. The highest BCUT2D eigenvalue weighted by Gasteiger charge is 2.53. The minimum Gasteiger partial charge on any atom is -0.434 e. The lowest BCUT2D eigenvalue weighted by Crippen LogP contribution is -2.21. The second-order valence-corrected chi connectivity index (χ2v) is 4.64. The van der Waals surface area contributed by atoms with Gasteiger partial charge in [-0.3, -0.25) is 9.59 Å². The van der Waals surface area contributed by atoms with Crippen molar-refractivity contribution in [2.45, 2.75) is 37.9 Å². The lowest BCUT2D eigenvalue weighted by atomic mass is 10.4. The highest BCUT2D eigenvalue weighted by Crippen LogP contribution is 2.50. The maximum atomic E-state index is 11.5. The molecule has 0 heterocycles. The van der Waals surface area contributed by atoms with Gasteiger partial charge in [0.25, 0.3) is 0 Å². The number of carbonyl (C=O) groups excluding carboxylic acids is 2. The van der Waals surface area contributed by atoms with Crippen molar-refractivity contribution in [3.05, 3.63) is 12.3 Å². The van der Waals surface area contributed by atoms with Gasteiger partial charge in [0.15, 0.2) is 5.12 Å². The van der Waals surface area contributed by atoms with E-state index in [4.69, 9.17) is 4.74 Å². The molecule has 0 aliphatic heterocycles. The molecule has 3 nitrogen and oxygen atoms in total. The van der Waals surface area contributed by atoms with Gasteiger partial charge in [-0.15, -0.1) is 0 Å². The zero-order chi connectivity index (χ0) is 10.6. The Morgan fingerprint density at radius 3 is 2.57 bits per heavy atom. The summed E-state index contributed by atoms with van der Waals surface area (Å²) in [6.45, 7) is 3.57. The zero-order valence-electron chi connectivity index (χ0n) is 8.41.